The van der Waals surface area contributed by atoms with E-state index in [9.17, 15) is 4.79 Å². The molecule has 1 fully saturated rings. The zero-order chi connectivity index (χ0) is 21.3. The van der Waals surface area contributed by atoms with Crippen LogP contribution in [0.3, 0.4) is 0 Å². The van der Waals surface area contributed by atoms with Gasteiger partial charge in [-0.05, 0) is 35.4 Å². The smallest absolute Gasteiger partial charge is 0.254 e. The van der Waals surface area contributed by atoms with E-state index in [2.05, 4.69) is 26.5 Å². The minimum Gasteiger partial charge on any atom is -0.493 e. The molecule has 1 amide bonds. The molecule has 1 aliphatic rings. The number of ether oxygens (including phenoxy) is 3. The average Bonchev–Trinajstić information content (AvgIpc) is 2.74. The fourth-order valence-electron chi connectivity index (χ4n) is 2.87. The second kappa shape index (κ2) is 11.3. The van der Waals surface area contributed by atoms with Crippen molar-refractivity contribution in [2.24, 2.45) is 5.10 Å². The van der Waals surface area contributed by atoms with Gasteiger partial charge in [-0.2, -0.15) is 5.10 Å². The number of hydrazone groups is 1. The zero-order valence-electron chi connectivity index (χ0n) is 16.6. The number of rotatable bonds is 8. The molecule has 0 spiro atoms. The highest BCUT2D eigenvalue weighted by Gasteiger charge is 2.14. The van der Waals surface area contributed by atoms with Crippen LogP contribution in [-0.2, 0) is 16.1 Å². The van der Waals surface area contributed by atoms with E-state index in [4.69, 9.17) is 25.8 Å². The summed E-state index contributed by atoms with van der Waals surface area (Å²) in [5.41, 5.74) is 4.21. The molecule has 0 bridgehead atoms. The van der Waals surface area contributed by atoms with Crippen LogP contribution in [0.25, 0.3) is 0 Å². The number of nitrogens with one attached hydrogen (secondary N) is 1. The SMILES string of the molecule is COc1cc(C=NNC(=O)CN2CCOCC2)cc(Cl)c1OCc1ccc(Br)cc1. The summed E-state index contributed by atoms with van der Waals surface area (Å²) in [6, 6.07) is 11.3. The van der Waals surface area contributed by atoms with E-state index in [1.807, 2.05) is 29.2 Å². The van der Waals surface area contributed by atoms with E-state index < -0.39 is 0 Å². The third-order valence-electron chi connectivity index (χ3n) is 4.42. The Morgan fingerprint density at radius 1 is 1.30 bits per heavy atom. The third-order valence-corrected chi connectivity index (χ3v) is 5.23. The van der Waals surface area contributed by atoms with Crippen LogP contribution >= 0.6 is 27.5 Å². The maximum Gasteiger partial charge on any atom is 0.254 e. The van der Waals surface area contributed by atoms with Gasteiger partial charge in [0.15, 0.2) is 11.5 Å². The van der Waals surface area contributed by atoms with Crippen molar-refractivity contribution in [3.05, 3.63) is 57.0 Å². The summed E-state index contributed by atoms with van der Waals surface area (Å²) in [6.07, 6.45) is 1.52. The van der Waals surface area contributed by atoms with Gasteiger partial charge in [-0.15, -0.1) is 0 Å². The molecule has 1 aliphatic heterocycles. The van der Waals surface area contributed by atoms with Crippen LogP contribution in [0, 0.1) is 0 Å². The second-order valence-corrected chi connectivity index (χ2v) is 7.95. The predicted molar refractivity (Wildman–Crippen MR) is 119 cm³/mol. The molecule has 1 saturated heterocycles. The van der Waals surface area contributed by atoms with Gasteiger partial charge < -0.3 is 14.2 Å². The summed E-state index contributed by atoms with van der Waals surface area (Å²) in [5.74, 6) is 0.761. The largest absolute Gasteiger partial charge is 0.493 e. The molecule has 0 aliphatic carbocycles. The fourth-order valence-corrected chi connectivity index (χ4v) is 3.41. The van der Waals surface area contributed by atoms with Crippen LogP contribution in [0.15, 0.2) is 46.0 Å². The number of hydrogen-bond donors (Lipinski definition) is 1. The van der Waals surface area contributed by atoms with Crippen molar-refractivity contribution in [2.75, 3.05) is 40.0 Å². The number of halogens is 2. The molecule has 160 valence electrons. The molecule has 0 unspecified atom stereocenters. The van der Waals surface area contributed by atoms with Gasteiger partial charge in [-0.1, -0.05) is 39.7 Å². The summed E-state index contributed by atoms with van der Waals surface area (Å²) in [7, 11) is 1.54. The number of benzene rings is 2. The molecule has 2 aromatic carbocycles. The molecule has 0 radical (unpaired) electrons. The maximum absolute atomic E-state index is 12.0. The van der Waals surface area contributed by atoms with E-state index in [1.165, 1.54) is 6.21 Å². The summed E-state index contributed by atoms with van der Waals surface area (Å²) in [4.78, 5) is 14.0. The van der Waals surface area contributed by atoms with Crippen LogP contribution in [-0.4, -0.2) is 57.0 Å². The molecule has 7 nitrogen and oxygen atoms in total. The first kappa shape index (κ1) is 22.6. The lowest BCUT2D eigenvalue weighted by atomic mass is 10.2. The highest BCUT2D eigenvalue weighted by atomic mass is 79.9. The molecular formula is C21H23BrClN3O4. The van der Waals surface area contributed by atoms with Crippen LogP contribution < -0.4 is 14.9 Å². The second-order valence-electron chi connectivity index (χ2n) is 6.63. The third kappa shape index (κ3) is 6.70. The van der Waals surface area contributed by atoms with Crippen LogP contribution in [0.2, 0.25) is 5.02 Å². The van der Waals surface area contributed by atoms with Crippen LogP contribution in [0.4, 0.5) is 0 Å². The lowest BCUT2D eigenvalue weighted by Crippen LogP contribution is -2.42. The molecule has 0 saturated carbocycles. The predicted octanol–water partition coefficient (Wildman–Crippen LogP) is 3.47. The summed E-state index contributed by atoms with van der Waals surface area (Å²) < 4.78 is 17.6. The van der Waals surface area contributed by atoms with Gasteiger partial charge in [-0.25, -0.2) is 5.43 Å². The van der Waals surface area contributed by atoms with Crippen molar-refractivity contribution in [3.8, 4) is 11.5 Å². The maximum atomic E-state index is 12.0. The van der Waals surface area contributed by atoms with Gasteiger partial charge in [0.25, 0.3) is 5.91 Å². The van der Waals surface area contributed by atoms with Crippen molar-refractivity contribution in [3.63, 3.8) is 0 Å². The van der Waals surface area contributed by atoms with Gasteiger partial charge in [0, 0.05) is 17.6 Å². The number of carbonyl (C=O) groups is 1. The molecular weight excluding hydrogens is 474 g/mol. The number of hydrogen-bond acceptors (Lipinski definition) is 6. The van der Waals surface area contributed by atoms with Gasteiger partial charge in [0.2, 0.25) is 0 Å². The zero-order valence-corrected chi connectivity index (χ0v) is 18.9. The van der Waals surface area contributed by atoms with E-state index in [0.717, 1.165) is 23.1 Å². The van der Waals surface area contributed by atoms with E-state index in [1.54, 1.807) is 19.2 Å². The minimum atomic E-state index is -0.180. The van der Waals surface area contributed by atoms with Gasteiger partial charge in [0.1, 0.15) is 6.61 Å². The Kier molecular flexibility index (Phi) is 8.50. The number of methoxy groups -OCH3 is 1. The first-order chi connectivity index (χ1) is 14.5. The minimum absolute atomic E-state index is 0.180. The molecule has 2 aromatic rings. The Balaban J connectivity index is 1.59. The van der Waals surface area contributed by atoms with Crippen molar-refractivity contribution in [2.45, 2.75) is 6.61 Å². The number of amides is 1. The Morgan fingerprint density at radius 3 is 2.73 bits per heavy atom. The van der Waals surface area contributed by atoms with Crippen molar-refractivity contribution in [1.29, 1.82) is 0 Å². The van der Waals surface area contributed by atoms with Gasteiger partial charge in [-0.3, -0.25) is 9.69 Å². The molecule has 3 rings (SSSR count). The number of morpholine rings is 1. The van der Waals surface area contributed by atoms with Gasteiger partial charge >= 0.3 is 0 Å². The monoisotopic (exact) mass is 495 g/mol. The number of nitrogens with zero attached hydrogens (tertiary/aromatic N) is 2. The Morgan fingerprint density at radius 2 is 2.03 bits per heavy atom. The Labute approximate surface area is 189 Å². The van der Waals surface area contributed by atoms with Crippen molar-refractivity contribution in [1.82, 2.24) is 10.3 Å². The summed E-state index contributed by atoms with van der Waals surface area (Å²) in [5, 5.41) is 4.41. The van der Waals surface area contributed by atoms with Crippen molar-refractivity contribution < 1.29 is 19.0 Å². The molecule has 0 aromatic heterocycles. The highest BCUT2D eigenvalue weighted by molar-refractivity contribution is 9.10. The lowest BCUT2D eigenvalue weighted by molar-refractivity contribution is -0.123. The van der Waals surface area contributed by atoms with Crippen molar-refractivity contribution >= 4 is 39.7 Å². The van der Waals surface area contributed by atoms with Crippen LogP contribution in [0.5, 0.6) is 11.5 Å². The fraction of sp³-hybridized carbons (Fsp3) is 0.333. The highest BCUT2D eigenvalue weighted by Crippen LogP contribution is 2.36. The summed E-state index contributed by atoms with van der Waals surface area (Å²) >= 11 is 9.81. The number of carbonyl (C=O) groups excluding carboxylic acids is 1. The normalized spacial score (nSPS) is 14.6. The first-order valence-electron chi connectivity index (χ1n) is 9.42. The van der Waals surface area contributed by atoms with E-state index in [0.29, 0.717) is 41.9 Å². The molecule has 30 heavy (non-hydrogen) atoms. The Bertz CT molecular complexity index is 887. The first-order valence-corrected chi connectivity index (χ1v) is 10.6. The quantitative estimate of drug-likeness (QED) is 0.448. The van der Waals surface area contributed by atoms with E-state index >= 15 is 0 Å². The molecule has 9 heteroatoms. The van der Waals surface area contributed by atoms with Gasteiger partial charge in [0.05, 0.1) is 38.1 Å². The average molecular weight is 497 g/mol. The Hall–Kier alpha value is -2.13. The van der Waals surface area contributed by atoms with Crippen LogP contribution in [0.1, 0.15) is 11.1 Å². The summed E-state index contributed by atoms with van der Waals surface area (Å²) in [6.45, 7) is 3.41. The topological polar surface area (TPSA) is 72.4 Å². The molecule has 1 N–H and O–H groups in total. The standard InChI is InChI=1S/C21H23BrClN3O4/c1-28-19-11-16(12-24-25-20(27)13-26-6-8-29-9-7-26)10-18(23)21(19)30-14-15-2-4-17(22)5-3-15/h2-5,10-12H,6-9,13-14H2,1H3,(H,25,27). The molecule has 1 heterocycles. The lowest BCUT2D eigenvalue weighted by Gasteiger charge is -2.25. The molecule has 0 atom stereocenters. The van der Waals surface area contributed by atoms with E-state index in [-0.39, 0.29) is 12.5 Å².